The van der Waals surface area contributed by atoms with Crippen molar-refractivity contribution in [2.75, 3.05) is 0 Å². The summed E-state index contributed by atoms with van der Waals surface area (Å²) >= 11 is 2.59. The molecule has 1 rings (SSSR count). The Balaban J connectivity index is 3.67. The molecule has 0 fully saturated rings. The van der Waals surface area contributed by atoms with E-state index in [4.69, 9.17) is 10.7 Å². The maximum Gasteiger partial charge on any atom is 0.288 e. The van der Waals surface area contributed by atoms with Gasteiger partial charge in [0.05, 0.1) is 4.92 Å². The molecule has 17 heavy (non-hydrogen) atoms. The molecule has 0 saturated heterocycles. The minimum Gasteiger partial charge on any atom is -0.258 e. The predicted octanol–water partition coefficient (Wildman–Crippen LogP) is 2.62. The number of rotatable bonds is 3. The van der Waals surface area contributed by atoms with Crippen LogP contribution in [0.25, 0.3) is 0 Å². The Morgan fingerprint density at radius 1 is 1.53 bits per heavy atom. The van der Waals surface area contributed by atoms with E-state index in [1.54, 1.807) is 0 Å². The fourth-order valence-electron chi connectivity index (χ4n) is 0.918. The van der Waals surface area contributed by atoms with Crippen LogP contribution >= 0.6 is 26.6 Å². The topological polar surface area (TPSA) is 90.2 Å². The standard InChI is InChI=1S/C6H2BrClF2N2O4S/c7-4-3(12(13)14)1-2(5(9)10)11-6(4)17(8,15)16/h1,5H. The zero-order valence-electron chi connectivity index (χ0n) is 7.60. The Bertz CT molecular complexity index is 580. The molecule has 0 amide bonds. The molecular formula is C6H2BrClF2N2O4S. The number of pyridine rings is 1. The molecule has 0 spiro atoms. The maximum absolute atomic E-state index is 12.4. The van der Waals surface area contributed by atoms with Gasteiger partial charge in [-0.3, -0.25) is 10.1 Å². The number of hydrogen-bond donors (Lipinski definition) is 0. The second-order valence-corrected chi connectivity index (χ2v) is 5.96. The van der Waals surface area contributed by atoms with E-state index in [1.807, 2.05) is 0 Å². The summed E-state index contributed by atoms with van der Waals surface area (Å²) in [6.07, 6.45) is -3.15. The summed E-state index contributed by atoms with van der Waals surface area (Å²) in [5.74, 6) is 0. The molecule has 0 bridgehead atoms. The Kier molecular flexibility index (Phi) is 3.99. The zero-order valence-corrected chi connectivity index (χ0v) is 10.8. The van der Waals surface area contributed by atoms with Crippen molar-refractivity contribution in [3.8, 4) is 0 Å². The summed E-state index contributed by atoms with van der Waals surface area (Å²) in [5, 5.41) is 9.53. The number of nitrogens with zero attached hydrogens (tertiary/aromatic N) is 2. The number of aromatic nitrogens is 1. The van der Waals surface area contributed by atoms with E-state index in [2.05, 4.69) is 20.9 Å². The van der Waals surface area contributed by atoms with Crippen molar-refractivity contribution in [3.05, 3.63) is 26.3 Å². The number of halogens is 4. The molecule has 0 aliphatic rings. The van der Waals surface area contributed by atoms with Crippen LogP contribution in [-0.2, 0) is 9.05 Å². The minimum absolute atomic E-state index is 0.473. The molecule has 0 aromatic carbocycles. The van der Waals surface area contributed by atoms with Crippen molar-refractivity contribution in [2.24, 2.45) is 0 Å². The van der Waals surface area contributed by atoms with Gasteiger partial charge < -0.3 is 0 Å². The van der Waals surface area contributed by atoms with E-state index in [0.717, 1.165) is 0 Å². The summed E-state index contributed by atoms with van der Waals surface area (Å²) in [5.41, 5.74) is -1.89. The van der Waals surface area contributed by atoms with Gasteiger partial charge in [-0.05, 0) is 15.9 Å². The third-order valence-electron chi connectivity index (χ3n) is 1.58. The lowest BCUT2D eigenvalue weighted by molar-refractivity contribution is -0.386. The molecular weight excluding hydrogens is 349 g/mol. The quantitative estimate of drug-likeness (QED) is 0.474. The summed E-state index contributed by atoms with van der Waals surface area (Å²) < 4.78 is 46.2. The van der Waals surface area contributed by atoms with E-state index < -0.39 is 41.3 Å². The number of alkyl halides is 2. The second kappa shape index (κ2) is 4.78. The minimum atomic E-state index is -4.47. The van der Waals surface area contributed by atoms with Crippen molar-refractivity contribution in [3.63, 3.8) is 0 Å². The van der Waals surface area contributed by atoms with Gasteiger partial charge in [0.15, 0.2) is 5.03 Å². The Labute approximate surface area is 106 Å². The van der Waals surface area contributed by atoms with Crippen molar-refractivity contribution >= 4 is 41.4 Å². The molecule has 1 aromatic rings. The Hall–Kier alpha value is -0.870. The normalized spacial score (nSPS) is 11.8. The van der Waals surface area contributed by atoms with Crippen LogP contribution in [0.3, 0.4) is 0 Å². The average molecular weight is 352 g/mol. The molecule has 0 unspecified atom stereocenters. The highest BCUT2D eigenvalue weighted by atomic mass is 79.9. The van der Waals surface area contributed by atoms with Gasteiger partial charge in [-0.2, -0.15) is 0 Å². The van der Waals surface area contributed by atoms with Gasteiger partial charge in [-0.1, -0.05) is 0 Å². The van der Waals surface area contributed by atoms with Crippen LogP contribution in [0.5, 0.6) is 0 Å². The maximum atomic E-state index is 12.4. The Morgan fingerprint density at radius 3 is 2.41 bits per heavy atom. The fraction of sp³-hybridized carbons (Fsp3) is 0.167. The summed E-state index contributed by atoms with van der Waals surface area (Å²) in [4.78, 5) is 12.6. The van der Waals surface area contributed by atoms with Gasteiger partial charge >= 0.3 is 0 Å². The zero-order chi connectivity index (χ0) is 13.4. The lowest BCUT2D eigenvalue weighted by Crippen LogP contribution is -2.04. The highest BCUT2D eigenvalue weighted by Gasteiger charge is 2.28. The van der Waals surface area contributed by atoms with Crippen LogP contribution in [0.1, 0.15) is 12.1 Å². The molecule has 0 radical (unpaired) electrons. The van der Waals surface area contributed by atoms with E-state index in [-0.39, 0.29) is 0 Å². The smallest absolute Gasteiger partial charge is 0.258 e. The van der Waals surface area contributed by atoms with Gasteiger partial charge in [0, 0.05) is 16.7 Å². The lowest BCUT2D eigenvalue weighted by atomic mass is 10.3. The van der Waals surface area contributed by atoms with Crippen molar-refractivity contribution in [1.82, 2.24) is 4.98 Å². The number of hydrogen-bond acceptors (Lipinski definition) is 5. The summed E-state index contributed by atoms with van der Waals surface area (Å²) in [7, 11) is 0.460. The largest absolute Gasteiger partial charge is 0.288 e. The molecule has 11 heteroatoms. The van der Waals surface area contributed by atoms with Crippen LogP contribution < -0.4 is 0 Å². The predicted molar refractivity (Wildman–Crippen MR) is 56.6 cm³/mol. The first-order chi connectivity index (χ1) is 7.64. The first-order valence-corrected chi connectivity index (χ1v) is 6.82. The molecule has 1 heterocycles. The molecule has 94 valence electrons. The lowest BCUT2D eigenvalue weighted by Gasteiger charge is -2.04. The van der Waals surface area contributed by atoms with E-state index >= 15 is 0 Å². The van der Waals surface area contributed by atoms with Crippen LogP contribution in [0.15, 0.2) is 15.6 Å². The van der Waals surface area contributed by atoms with Gasteiger partial charge in [0.25, 0.3) is 21.2 Å². The molecule has 0 N–H and O–H groups in total. The van der Waals surface area contributed by atoms with Crippen LogP contribution in [0.4, 0.5) is 14.5 Å². The van der Waals surface area contributed by atoms with Gasteiger partial charge in [-0.25, -0.2) is 22.2 Å². The third-order valence-corrected chi connectivity index (χ3v) is 3.82. The van der Waals surface area contributed by atoms with Crippen molar-refractivity contribution < 1.29 is 22.1 Å². The van der Waals surface area contributed by atoms with Crippen molar-refractivity contribution in [2.45, 2.75) is 11.5 Å². The average Bonchev–Trinajstić information content (AvgIpc) is 2.15. The highest BCUT2D eigenvalue weighted by Crippen LogP contribution is 2.34. The SMILES string of the molecule is O=[N+]([O-])c1cc(C(F)F)nc(S(=O)(=O)Cl)c1Br. The first kappa shape index (κ1) is 14.2. The monoisotopic (exact) mass is 350 g/mol. The summed E-state index contributed by atoms with van der Waals surface area (Å²) in [6.45, 7) is 0. The highest BCUT2D eigenvalue weighted by molar-refractivity contribution is 9.10. The number of nitro groups is 1. The van der Waals surface area contributed by atoms with E-state index in [0.29, 0.717) is 6.07 Å². The van der Waals surface area contributed by atoms with Crippen molar-refractivity contribution in [1.29, 1.82) is 0 Å². The van der Waals surface area contributed by atoms with E-state index in [1.165, 1.54) is 0 Å². The molecule has 0 aliphatic heterocycles. The Morgan fingerprint density at radius 2 is 2.06 bits per heavy atom. The van der Waals surface area contributed by atoms with Crippen LogP contribution in [0.2, 0.25) is 0 Å². The molecule has 0 saturated carbocycles. The van der Waals surface area contributed by atoms with E-state index in [9.17, 15) is 27.3 Å². The third kappa shape index (κ3) is 3.07. The first-order valence-electron chi connectivity index (χ1n) is 3.72. The van der Waals surface area contributed by atoms with Crippen LogP contribution in [-0.4, -0.2) is 18.3 Å². The van der Waals surface area contributed by atoms with Gasteiger partial charge in [0.2, 0.25) is 0 Å². The summed E-state index contributed by atoms with van der Waals surface area (Å²) in [6, 6.07) is 0.473. The molecule has 6 nitrogen and oxygen atoms in total. The van der Waals surface area contributed by atoms with Gasteiger partial charge in [0.1, 0.15) is 10.2 Å². The second-order valence-electron chi connectivity index (χ2n) is 2.68. The molecule has 1 aromatic heterocycles. The molecule has 0 aliphatic carbocycles. The van der Waals surface area contributed by atoms with Gasteiger partial charge in [-0.15, -0.1) is 0 Å². The molecule has 0 atom stereocenters. The van der Waals surface area contributed by atoms with Crippen LogP contribution in [0, 0.1) is 10.1 Å². The fourth-order valence-corrected chi connectivity index (χ4v) is 3.05.